The molecular formula is C16H19BrClNOS. The minimum Gasteiger partial charge on any atom is -0.491 e. The second kappa shape index (κ2) is 7.63. The highest BCUT2D eigenvalue weighted by atomic mass is 79.9. The second-order valence-corrected chi connectivity index (χ2v) is 7.73. The van der Waals surface area contributed by atoms with Crippen LogP contribution < -0.4 is 10.1 Å². The molecule has 0 fully saturated rings. The molecule has 114 valence electrons. The Morgan fingerprint density at radius 1 is 1.29 bits per heavy atom. The Kier molecular flexibility index (Phi) is 6.11. The van der Waals surface area contributed by atoms with Gasteiger partial charge in [-0.3, -0.25) is 0 Å². The van der Waals surface area contributed by atoms with E-state index in [0.717, 1.165) is 21.1 Å². The lowest BCUT2D eigenvalue weighted by atomic mass is 10.1. The van der Waals surface area contributed by atoms with Crippen LogP contribution in [0.15, 0.2) is 34.8 Å². The summed E-state index contributed by atoms with van der Waals surface area (Å²) in [7, 11) is 0. The number of halogens is 2. The van der Waals surface area contributed by atoms with Crippen molar-refractivity contribution in [3.05, 3.63) is 49.6 Å². The van der Waals surface area contributed by atoms with Gasteiger partial charge >= 0.3 is 0 Å². The molecule has 0 saturated heterocycles. The smallest absolute Gasteiger partial charge is 0.124 e. The second-order valence-electron chi connectivity index (χ2n) is 5.14. The third-order valence-electron chi connectivity index (χ3n) is 3.03. The van der Waals surface area contributed by atoms with Crippen molar-refractivity contribution < 1.29 is 4.74 Å². The zero-order valence-corrected chi connectivity index (χ0v) is 15.5. The molecular weight excluding hydrogens is 370 g/mol. The van der Waals surface area contributed by atoms with Gasteiger partial charge in [0.15, 0.2) is 0 Å². The lowest BCUT2D eigenvalue weighted by Gasteiger charge is -2.19. The number of nitrogens with one attached hydrogen (secondary N) is 1. The highest BCUT2D eigenvalue weighted by molar-refractivity contribution is 9.10. The van der Waals surface area contributed by atoms with E-state index >= 15 is 0 Å². The summed E-state index contributed by atoms with van der Waals surface area (Å²) in [5, 5.41) is 3.52. The predicted octanol–water partition coefficient (Wildman–Crippen LogP) is 5.80. The number of para-hydroxylation sites is 1. The highest BCUT2D eigenvalue weighted by Gasteiger charge is 2.13. The molecule has 2 aromatic rings. The number of benzene rings is 1. The van der Waals surface area contributed by atoms with Crippen LogP contribution in [0, 0.1) is 0 Å². The third kappa shape index (κ3) is 4.71. The lowest BCUT2D eigenvalue weighted by Crippen LogP contribution is -2.19. The summed E-state index contributed by atoms with van der Waals surface area (Å²) in [4.78, 5) is 1.21. The van der Waals surface area contributed by atoms with Crippen LogP contribution in [0.1, 0.15) is 37.3 Å². The van der Waals surface area contributed by atoms with E-state index in [1.165, 1.54) is 10.4 Å². The minimum absolute atomic E-state index is 0.172. The maximum Gasteiger partial charge on any atom is 0.124 e. The Bertz CT molecular complexity index is 580. The Balaban J connectivity index is 2.04. The molecule has 0 aliphatic rings. The van der Waals surface area contributed by atoms with Gasteiger partial charge in [-0.1, -0.05) is 29.8 Å². The van der Waals surface area contributed by atoms with E-state index in [4.69, 9.17) is 16.3 Å². The summed E-state index contributed by atoms with van der Waals surface area (Å²) in [6.45, 7) is 7.01. The van der Waals surface area contributed by atoms with Crippen molar-refractivity contribution in [2.24, 2.45) is 0 Å². The summed E-state index contributed by atoms with van der Waals surface area (Å²) < 4.78 is 7.63. The molecule has 21 heavy (non-hydrogen) atoms. The topological polar surface area (TPSA) is 21.3 Å². The first kappa shape index (κ1) is 16.8. The molecule has 1 aromatic heterocycles. The fourth-order valence-electron chi connectivity index (χ4n) is 2.04. The van der Waals surface area contributed by atoms with Gasteiger partial charge in [-0.05, 0) is 48.8 Å². The molecule has 2 rings (SSSR count). The van der Waals surface area contributed by atoms with Crippen molar-refractivity contribution in [2.75, 3.05) is 0 Å². The van der Waals surface area contributed by atoms with Gasteiger partial charge in [-0.2, -0.15) is 0 Å². The fourth-order valence-corrected chi connectivity index (χ4v) is 3.78. The molecule has 0 saturated carbocycles. The van der Waals surface area contributed by atoms with Crippen LogP contribution in [0.3, 0.4) is 0 Å². The molecule has 1 aromatic carbocycles. The van der Waals surface area contributed by atoms with E-state index in [1.54, 1.807) is 11.3 Å². The highest BCUT2D eigenvalue weighted by Crippen LogP contribution is 2.32. The van der Waals surface area contributed by atoms with Crippen LogP contribution in [-0.4, -0.2) is 6.10 Å². The Morgan fingerprint density at radius 2 is 2.00 bits per heavy atom. The van der Waals surface area contributed by atoms with E-state index in [1.807, 2.05) is 32.0 Å². The van der Waals surface area contributed by atoms with Crippen molar-refractivity contribution in [1.82, 2.24) is 5.32 Å². The normalized spacial score (nSPS) is 12.7. The molecule has 0 aliphatic heterocycles. The van der Waals surface area contributed by atoms with Gasteiger partial charge in [0, 0.05) is 27.5 Å². The molecule has 0 aliphatic carbocycles. The van der Waals surface area contributed by atoms with Crippen molar-refractivity contribution in [3.8, 4) is 5.75 Å². The fraction of sp³-hybridized carbons (Fsp3) is 0.375. The largest absolute Gasteiger partial charge is 0.491 e. The molecule has 0 radical (unpaired) electrons. The van der Waals surface area contributed by atoms with E-state index in [0.29, 0.717) is 0 Å². The van der Waals surface area contributed by atoms with Crippen molar-refractivity contribution in [2.45, 2.75) is 39.5 Å². The van der Waals surface area contributed by atoms with Crippen LogP contribution in [0.25, 0.3) is 0 Å². The van der Waals surface area contributed by atoms with Gasteiger partial charge in [0.1, 0.15) is 10.1 Å². The summed E-state index contributed by atoms with van der Waals surface area (Å²) in [6, 6.07) is 10.4. The zero-order valence-electron chi connectivity index (χ0n) is 12.3. The Labute approximate surface area is 143 Å². The Hall–Kier alpha value is -0.550. The molecule has 2 nitrogen and oxygen atoms in total. The van der Waals surface area contributed by atoms with Gasteiger partial charge in [-0.25, -0.2) is 0 Å². The van der Waals surface area contributed by atoms with E-state index < -0.39 is 0 Å². The molecule has 0 spiro atoms. The first-order valence-corrected chi connectivity index (χ1v) is 8.88. The summed E-state index contributed by atoms with van der Waals surface area (Å²) in [5.74, 6) is 0.942. The van der Waals surface area contributed by atoms with Crippen LogP contribution in [0.2, 0.25) is 4.34 Å². The van der Waals surface area contributed by atoms with Gasteiger partial charge in [-0.15, -0.1) is 11.3 Å². The van der Waals surface area contributed by atoms with Crippen LogP contribution >= 0.6 is 38.9 Å². The third-order valence-corrected chi connectivity index (χ3v) is 5.50. The standard InChI is InChI=1S/C16H19BrClNOS/c1-10(2)20-15-7-5-4-6-13(15)11(3)19-9-12-8-14(17)16(18)21-12/h4-8,10-11,19H,9H2,1-3H3. The van der Waals surface area contributed by atoms with Crippen molar-refractivity contribution in [3.63, 3.8) is 0 Å². The van der Waals surface area contributed by atoms with Gasteiger partial charge in [0.2, 0.25) is 0 Å². The quantitative estimate of drug-likeness (QED) is 0.675. The van der Waals surface area contributed by atoms with E-state index in [-0.39, 0.29) is 12.1 Å². The summed E-state index contributed by atoms with van der Waals surface area (Å²) in [6.07, 6.45) is 0.172. The molecule has 5 heteroatoms. The first-order chi connectivity index (χ1) is 9.97. The SMILES string of the molecule is CC(C)Oc1ccccc1C(C)NCc1cc(Br)c(Cl)s1. The molecule has 1 N–H and O–H groups in total. The minimum atomic E-state index is 0.172. The molecule has 1 heterocycles. The van der Waals surface area contributed by atoms with Gasteiger partial charge in [0.05, 0.1) is 6.10 Å². The summed E-state index contributed by atoms with van der Waals surface area (Å²) >= 11 is 11.1. The van der Waals surface area contributed by atoms with Crippen LogP contribution in [-0.2, 0) is 6.54 Å². The maximum absolute atomic E-state index is 6.07. The van der Waals surface area contributed by atoms with Crippen molar-refractivity contribution >= 4 is 38.9 Å². The maximum atomic E-state index is 6.07. The average Bonchev–Trinajstić information content (AvgIpc) is 2.75. The zero-order chi connectivity index (χ0) is 15.4. The monoisotopic (exact) mass is 387 g/mol. The van der Waals surface area contributed by atoms with E-state index in [9.17, 15) is 0 Å². The van der Waals surface area contributed by atoms with Crippen LogP contribution in [0.5, 0.6) is 5.75 Å². The average molecular weight is 389 g/mol. The van der Waals surface area contributed by atoms with Crippen molar-refractivity contribution in [1.29, 1.82) is 0 Å². The van der Waals surface area contributed by atoms with E-state index in [2.05, 4.69) is 40.3 Å². The van der Waals surface area contributed by atoms with Crippen LogP contribution in [0.4, 0.5) is 0 Å². The number of ether oxygens (including phenoxy) is 1. The molecule has 1 atom stereocenters. The Morgan fingerprint density at radius 3 is 2.62 bits per heavy atom. The molecule has 0 amide bonds. The number of rotatable bonds is 6. The van der Waals surface area contributed by atoms with Gasteiger partial charge in [0.25, 0.3) is 0 Å². The summed E-state index contributed by atoms with van der Waals surface area (Å²) in [5.41, 5.74) is 1.17. The number of thiophene rings is 1. The predicted molar refractivity (Wildman–Crippen MR) is 94.5 cm³/mol. The van der Waals surface area contributed by atoms with Gasteiger partial charge < -0.3 is 10.1 Å². The first-order valence-electron chi connectivity index (χ1n) is 6.90. The number of hydrogen-bond acceptors (Lipinski definition) is 3. The molecule has 0 bridgehead atoms. The lowest BCUT2D eigenvalue weighted by molar-refractivity contribution is 0.238. The molecule has 1 unspecified atom stereocenters. The number of hydrogen-bond donors (Lipinski definition) is 1.